The average molecular weight is 403 g/mol. The normalized spacial score (nSPS) is 19.8. The molecule has 2 aliphatic heterocycles. The zero-order chi connectivity index (χ0) is 21.6. The highest BCUT2D eigenvalue weighted by Crippen LogP contribution is 2.38. The van der Waals surface area contributed by atoms with Crippen LogP contribution in [0.15, 0.2) is 42.1 Å². The maximum absolute atomic E-state index is 13.8. The average Bonchev–Trinajstić information content (AvgIpc) is 2.94. The summed E-state index contributed by atoms with van der Waals surface area (Å²) in [5.74, 6) is 0.0935. The fourth-order valence-electron chi connectivity index (χ4n) is 4.72. The Labute approximate surface area is 179 Å². The van der Waals surface area contributed by atoms with E-state index in [1.807, 2.05) is 58.0 Å². The fraction of sp³-hybridized carbons (Fsp3) is 0.385. The Bertz CT molecular complexity index is 1070. The molecule has 0 bridgehead atoms. The largest absolute Gasteiger partial charge is 0.366 e. The number of amides is 2. The van der Waals surface area contributed by atoms with Gasteiger partial charge in [0.1, 0.15) is 5.70 Å². The van der Waals surface area contributed by atoms with Crippen LogP contribution in [-0.4, -0.2) is 29.8 Å². The van der Waals surface area contributed by atoms with E-state index in [0.29, 0.717) is 22.9 Å². The van der Waals surface area contributed by atoms with Gasteiger partial charge >= 0.3 is 0 Å². The van der Waals surface area contributed by atoms with E-state index in [-0.39, 0.29) is 11.8 Å². The van der Waals surface area contributed by atoms with Crippen molar-refractivity contribution in [1.82, 2.24) is 4.90 Å². The lowest BCUT2D eigenvalue weighted by atomic mass is 9.95. The van der Waals surface area contributed by atoms with E-state index in [0.717, 1.165) is 53.7 Å². The Hall–Kier alpha value is -2.88. The molecule has 30 heavy (non-hydrogen) atoms. The van der Waals surface area contributed by atoms with Crippen molar-refractivity contribution in [2.24, 2.45) is 5.92 Å². The first kappa shape index (κ1) is 20.4. The highest BCUT2D eigenvalue weighted by Gasteiger charge is 2.43. The predicted octanol–water partition coefficient (Wildman–Crippen LogP) is 4.94. The number of piperidine rings is 1. The van der Waals surface area contributed by atoms with Crippen LogP contribution >= 0.6 is 0 Å². The summed E-state index contributed by atoms with van der Waals surface area (Å²) in [6, 6.07) is 12.0. The molecule has 2 heterocycles. The summed E-state index contributed by atoms with van der Waals surface area (Å²) < 4.78 is 0. The first-order valence-corrected chi connectivity index (χ1v) is 10.8. The van der Waals surface area contributed by atoms with Gasteiger partial charge in [0, 0.05) is 13.1 Å². The van der Waals surface area contributed by atoms with Gasteiger partial charge in [0.2, 0.25) is 0 Å². The van der Waals surface area contributed by atoms with Gasteiger partial charge in [-0.2, -0.15) is 0 Å². The molecule has 1 unspecified atom stereocenters. The third-order valence-corrected chi connectivity index (χ3v) is 6.29. The summed E-state index contributed by atoms with van der Waals surface area (Å²) in [7, 11) is 0. The fourth-order valence-corrected chi connectivity index (χ4v) is 4.72. The van der Waals surface area contributed by atoms with E-state index in [1.54, 1.807) is 0 Å². The zero-order valence-electron chi connectivity index (χ0n) is 18.6. The second-order valence-corrected chi connectivity index (χ2v) is 8.97. The SMILES string of the molecule is Cc1ccc(C2=C(N3CCCC(C)C3)C(=O)N(c3cc(C)ccc3C)C2=O)c(C)c1. The van der Waals surface area contributed by atoms with E-state index < -0.39 is 0 Å². The predicted molar refractivity (Wildman–Crippen MR) is 121 cm³/mol. The molecule has 0 radical (unpaired) electrons. The number of nitrogens with zero attached hydrogens (tertiary/aromatic N) is 2. The molecule has 0 spiro atoms. The molecular weight excluding hydrogens is 372 g/mol. The molecule has 2 aromatic carbocycles. The molecular formula is C26H30N2O2. The van der Waals surface area contributed by atoms with Gasteiger partial charge in [0.15, 0.2) is 0 Å². The number of hydrogen-bond donors (Lipinski definition) is 0. The lowest BCUT2D eigenvalue weighted by molar-refractivity contribution is -0.120. The summed E-state index contributed by atoms with van der Waals surface area (Å²) in [6.45, 7) is 11.8. The lowest BCUT2D eigenvalue weighted by Gasteiger charge is -2.33. The highest BCUT2D eigenvalue weighted by atomic mass is 16.2. The Morgan fingerprint density at radius 3 is 2.27 bits per heavy atom. The van der Waals surface area contributed by atoms with Gasteiger partial charge in [0.25, 0.3) is 11.8 Å². The number of hydrogen-bond acceptors (Lipinski definition) is 3. The highest BCUT2D eigenvalue weighted by molar-refractivity contribution is 6.45. The summed E-state index contributed by atoms with van der Waals surface area (Å²) >= 11 is 0. The summed E-state index contributed by atoms with van der Waals surface area (Å²) in [5, 5.41) is 0. The van der Waals surface area contributed by atoms with E-state index in [9.17, 15) is 9.59 Å². The number of aryl methyl sites for hydroxylation is 4. The number of anilines is 1. The van der Waals surface area contributed by atoms with Gasteiger partial charge in [0.05, 0.1) is 11.3 Å². The van der Waals surface area contributed by atoms with Crippen molar-refractivity contribution in [3.63, 3.8) is 0 Å². The zero-order valence-corrected chi connectivity index (χ0v) is 18.6. The van der Waals surface area contributed by atoms with E-state index in [4.69, 9.17) is 0 Å². The number of carbonyl (C=O) groups is 2. The second kappa shape index (κ2) is 7.75. The summed E-state index contributed by atoms with van der Waals surface area (Å²) in [6.07, 6.45) is 2.20. The molecule has 2 aromatic rings. The summed E-state index contributed by atoms with van der Waals surface area (Å²) in [4.78, 5) is 31.1. The molecule has 0 aliphatic carbocycles. The van der Waals surface area contributed by atoms with Gasteiger partial charge in [-0.1, -0.05) is 42.8 Å². The first-order valence-electron chi connectivity index (χ1n) is 10.8. The molecule has 0 saturated carbocycles. The number of carbonyl (C=O) groups excluding carboxylic acids is 2. The van der Waals surface area contributed by atoms with Crippen LogP contribution in [-0.2, 0) is 9.59 Å². The second-order valence-electron chi connectivity index (χ2n) is 8.97. The quantitative estimate of drug-likeness (QED) is 0.683. The van der Waals surface area contributed by atoms with Crippen molar-refractivity contribution >= 4 is 23.1 Å². The molecule has 0 N–H and O–H groups in total. The van der Waals surface area contributed by atoms with Crippen LogP contribution in [0.25, 0.3) is 5.57 Å². The maximum Gasteiger partial charge on any atom is 0.282 e. The maximum atomic E-state index is 13.8. The van der Waals surface area contributed by atoms with Gasteiger partial charge in [-0.05, 0) is 74.8 Å². The molecule has 1 saturated heterocycles. The van der Waals surface area contributed by atoms with Crippen molar-refractivity contribution in [2.75, 3.05) is 18.0 Å². The third-order valence-electron chi connectivity index (χ3n) is 6.29. The van der Waals surface area contributed by atoms with Crippen molar-refractivity contribution < 1.29 is 9.59 Å². The van der Waals surface area contributed by atoms with Crippen LogP contribution in [0.5, 0.6) is 0 Å². The van der Waals surface area contributed by atoms with E-state index in [1.165, 1.54) is 4.90 Å². The molecule has 156 valence electrons. The molecule has 2 aliphatic rings. The minimum atomic E-state index is -0.214. The molecule has 2 amide bonds. The summed E-state index contributed by atoms with van der Waals surface area (Å²) in [5.41, 5.74) is 6.80. The minimum absolute atomic E-state index is 0.197. The number of benzene rings is 2. The minimum Gasteiger partial charge on any atom is -0.366 e. The Balaban J connectivity index is 1.89. The third kappa shape index (κ3) is 3.45. The number of rotatable bonds is 3. The van der Waals surface area contributed by atoms with Crippen LogP contribution in [0.3, 0.4) is 0 Å². The molecule has 0 aromatic heterocycles. The first-order chi connectivity index (χ1) is 14.3. The monoisotopic (exact) mass is 402 g/mol. The van der Waals surface area contributed by atoms with Crippen LogP contribution < -0.4 is 4.90 Å². The molecule has 1 fully saturated rings. The van der Waals surface area contributed by atoms with Crippen molar-refractivity contribution in [2.45, 2.75) is 47.5 Å². The standard InChI is InChI=1S/C26H30N2O2/c1-16-9-11-21(20(5)13-16)23-24(27-12-6-7-18(3)15-27)26(30)28(25(23)29)22-14-17(2)8-10-19(22)4/h8-11,13-14,18H,6-7,12,15H2,1-5H3. The van der Waals surface area contributed by atoms with E-state index in [2.05, 4.69) is 17.9 Å². The Morgan fingerprint density at radius 1 is 0.867 bits per heavy atom. The van der Waals surface area contributed by atoms with Gasteiger partial charge in [-0.15, -0.1) is 0 Å². The van der Waals surface area contributed by atoms with Gasteiger partial charge in [-0.3, -0.25) is 9.59 Å². The molecule has 1 atom stereocenters. The topological polar surface area (TPSA) is 40.6 Å². The van der Waals surface area contributed by atoms with Crippen LogP contribution in [0, 0.1) is 33.6 Å². The van der Waals surface area contributed by atoms with Crippen LogP contribution in [0.2, 0.25) is 0 Å². The van der Waals surface area contributed by atoms with Crippen molar-refractivity contribution in [1.29, 1.82) is 0 Å². The molecule has 4 rings (SSSR count). The Morgan fingerprint density at radius 2 is 1.57 bits per heavy atom. The van der Waals surface area contributed by atoms with Crippen molar-refractivity contribution in [3.8, 4) is 0 Å². The molecule has 4 nitrogen and oxygen atoms in total. The van der Waals surface area contributed by atoms with Gasteiger partial charge < -0.3 is 4.90 Å². The van der Waals surface area contributed by atoms with Gasteiger partial charge in [-0.25, -0.2) is 4.90 Å². The van der Waals surface area contributed by atoms with Crippen LogP contribution in [0.1, 0.15) is 47.6 Å². The van der Waals surface area contributed by atoms with Crippen LogP contribution in [0.4, 0.5) is 5.69 Å². The lowest BCUT2D eigenvalue weighted by Crippen LogP contribution is -2.39. The van der Waals surface area contributed by atoms with Crippen molar-refractivity contribution in [3.05, 3.63) is 69.9 Å². The Kier molecular flexibility index (Phi) is 5.27. The number of likely N-dealkylation sites (tertiary alicyclic amines) is 1. The van der Waals surface area contributed by atoms with E-state index >= 15 is 0 Å². The molecule has 4 heteroatoms. The number of imide groups is 1. The smallest absolute Gasteiger partial charge is 0.282 e.